The number of nitrogens with zero attached hydrogens (tertiary/aromatic N) is 5. The van der Waals surface area contributed by atoms with Gasteiger partial charge >= 0.3 is 11.7 Å². The molecule has 0 aliphatic heterocycles. The van der Waals surface area contributed by atoms with Crippen LogP contribution in [-0.4, -0.2) is 42.1 Å². The second-order valence-corrected chi connectivity index (χ2v) is 6.09. The minimum Gasteiger partial charge on any atom is -0.465 e. The number of aromatic nitrogens is 2. The highest BCUT2D eigenvalue weighted by Crippen LogP contribution is 2.39. The van der Waals surface area contributed by atoms with Gasteiger partial charge in [-0.1, -0.05) is 30.3 Å². The van der Waals surface area contributed by atoms with Crippen molar-refractivity contribution in [2.45, 2.75) is 0 Å². The second kappa shape index (κ2) is 8.34. The van der Waals surface area contributed by atoms with Gasteiger partial charge in [0.2, 0.25) is 11.6 Å². The number of hydrogen-bond donors (Lipinski definition) is 0. The van der Waals surface area contributed by atoms with Crippen molar-refractivity contribution >= 4 is 34.7 Å². The van der Waals surface area contributed by atoms with Crippen LogP contribution in [-0.2, 0) is 4.74 Å². The molecule has 1 heterocycles. The van der Waals surface area contributed by atoms with Gasteiger partial charge in [-0.25, -0.2) is 14.8 Å². The molecule has 0 atom stereocenters. The maximum Gasteiger partial charge on any atom is 0.354 e. The molecule has 148 valence electrons. The summed E-state index contributed by atoms with van der Waals surface area (Å²) in [5, 5.41) is 12.0. The number of hydrogen-bond acceptors (Lipinski definition) is 8. The number of anilines is 4. The van der Waals surface area contributed by atoms with Gasteiger partial charge in [0.1, 0.15) is 6.33 Å². The van der Waals surface area contributed by atoms with Crippen LogP contribution in [0.3, 0.4) is 0 Å². The van der Waals surface area contributed by atoms with Crippen molar-refractivity contribution in [2.75, 3.05) is 31.0 Å². The Morgan fingerprint density at radius 3 is 2.17 bits per heavy atom. The summed E-state index contributed by atoms with van der Waals surface area (Å²) in [7, 11) is 4.57. The largest absolute Gasteiger partial charge is 0.465 e. The molecule has 0 fully saturated rings. The molecule has 0 saturated heterocycles. The van der Waals surface area contributed by atoms with E-state index in [9.17, 15) is 14.9 Å². The summed E-state index contributed by atoms with van der Waals surface area (Å²) in [5.74, 6) is -0.362. The highest BCUT2D eigenvalue weighted by atomic mass is 16.6. The predicted molar refractivity (Wildman–Crippen MR) is 109 cm³/mol. The fourth-order valence-corrected chi connectivity index (χ4v) is 2.95. The van der Waals surface area contributed by atoms with Crippen molar-refractivity contribution in [1.29, 1.82) is 0 Å². The summed E-state index contributed by atoms with van der Waals surface area (Å²) in [5.41, 5.74) is 1.15. The van der Waals surface area contributed by atoms with Crippen molar-refractivity contribution < 1.29 is 14.5 Å². The van der Waals surface area contributed by atoms with E-state index in [0.717, 1.165) is 5.69 Å². The first-order valence-corrected chi connectivity index (χ1v) is 8.65. The molecule has 1 aromatic heterocycles. The third-order valence-corrected chi connectivity index (χ3v) is 4.42. The summed E-state index contributed by atoms with van der Waals surface area (Å²) in [6.07, 6.45) is 1.26. The molecular weight excluding hydrogens is 374 g/mol. The molecule has 0 aliphatic rings. The van der Waals surface area contributed by atoms with E-state index in [-0.39, 0.29) is 22.9 Å². The van der Waals surface area contributed by atoms with E-state index >= 15 is 0 Å². The van der Waals surface area contributed by atoms with Gasteiger partial charge in [-0.3, -0.25) is 10.1 Å². The van der Waals surface area contributed by atoms with Crippen LogP contribution in [0.25, 0.3) is 0 Å². The Bertz CT molecular complexity index is 1040. The van der Waals surface area contributed by atoms with Gasteiger partial charge in [0, 0.05) is 19.8 Å². The Balaban J connectivity index is 2.14. The van der Waals surface area contributed by atoms with E-state index < -0.39 is 10.9 Å². The molecule has 0 aliphatic carbocycles. The van der Waals surface area contributed by atoms with Gasteiger partial charge in [0.15, 0.2) is 0 Å². The van der Waals surface area contributed by atoms with Gasteiger partial charge in [-0.2, -0.15) is 0 Å². The number of methoxy groups -OCH3 is 1. The number of carbonyl (C=O) groups excluding carboxylic acids is 1. The second-order valence-electron chi connectivity index (χ2n) is 6.09. The third-order valence-electron chi connectivity index (χ3n) is 4.42. The Morgan fingerprint density at radius 1 is 0.966 bits per heavy atom. The third kappa shape index (κ3) is 3.84. The van der Waals surface area contributed by atoms with Gasteiger partial charge in [-0.15, -0.1) is 0 Å². The van der Waals surface area contributed by atoms with Gasteiger partial charge < -0.3 is 14.5 Å². The average Bonchev–Trinajstić information content (AvgIpc) is 2.77. The van der Waals surface area contributed by atoms with Crippen LogP contribution in [0.5, 0.6) is 0 Å². The molecule has 9 heteroatoms. The fourth-order valence-electron chi connectivity index (χ4n) is 2.95. The molecule has 3 rings (SSSR count). The van der Waals surface area contributed by atoms with Crippen molar-refractivity contribution in [3.8, 4) is 0 Å². The molecule has 0 radical (unpaired) electrons. The van der Waals surface area contributed by atoms with E-state index in [2.05, 4.69) is 9.97 Å². The Labute approximate surface area is 167 Å². The standard InChI is InChI=1S/C20H19N5O4/c1-23(14-9-5-4-6-10-14)18-17(25(27)28)19(22-13-21-18)24(2)16-12-8-7-11-15(16)20(26)29-3/h4-13H,1-3H3. The lowest BCUT2D eigenvalue weighted by Gasteiger charge is -2.23. The van der Waals surface area contributed by atoms with Crippen LogP contribution in [0.15, 0.2) is 60.9 Å². The minimum absolute atomic E-state index is 0.0548. The molecule has 0 saturated carbocycles. The molecule has 0 N–H and O–H groups in total. The van der Waals surface area contributed by atoms with Crippen LogP contribution in [0.2, 0.25) is 0 Å². The van der Waals surface area contributed by atoms with E-state index in [1.54, 1.807) is 43.3 Å². The Hall–Kier alpha value is -4.01. The van der Waals surface area contributed by atoms with E-state index in [4.69, 9.17) is 4.74 Å². The van der Waals surface area contributed by atoms with Crippen molar-refractivity contribution in [3.63, 3.8) is 0 Å². The van der Waals surface area contributed by atoms with Gasteiger partial charge in [0.25, 0.3) is 0 Å². The number of para-hydroxylation sites is 2. The lowest BCUT2D eigenvalue weighted by Crippen LogP contribution is -2.20. The summed E-state index contributed by atoms with van der Waals surface area (Å²) < 4.78 is 4.82. The van der Waals surface area contributed by atoms with Crippen molar-refractivity contribution in [2.24, 2.45) is 0 Å². The number of carbonyl (C=O) groups is 1. The highest BCUT2D eigenvalue weighted by Gasteiger charge is 2.30. The molecule has 3 aromatic rings. The van der Waals surface area contributed by atoms with Crippen LogP contribution in [0.1, 0.15) is 10.4 Å². The predicted octanol–water partition coefficient (Wildman–Crippen LogP) is 3.71. The lowest BCUT2D eigenvalue weighted by atomic mass is 10.1. The SMILES string of the molecule is COC(=O)c1ccccc1N(C)c1ncnc(N(C)c2ccccc2)c1[N+](=O)[O-]. The quantitative estimate of drug-likeness (QED) is 0.355. The maximum atomic E-state index is 12.1. The van der Waals surface area contributed by atoms with Crippen molar-refractivity contribution in [3.05, 3.63) is 76.6 Å². The first-order chi connectivity index (χ1) is 14.0. The summed E-state index contributed by atoms with van der Waals surface area (Å²) in [6.45, 7) is 0. The molecule has 0 amide bonds. The molecule has 0 spiro atoms. The smallest absolute Gasteiger partial charge is 0.354 e. The van der Waals surface area contributed by atoms with E-state index in [1.165, 1.54) is 18.3 Å². The van der Waals surface area contributed by atoms with Crippen LogP contribution in [0.4, 0.5) is 28.7 Å². The summed E-state index contributed by atoms with van der Waals surface area (Å²) in [4.78, 5) is 34.9. The zero-order valence-electron chi connectivity index (χ0n) is 16.1. The Morgan fingerprint density at radius 2 is 1.55 bits per heavy atom. The number of nitro groups is 1. The first-order valence-electron chi connectivity index (χ1n) is 8.65. The zero-order chi connectivity index (χ0) is 21.0. The number of benzene rings is 2. The maximum absolute atomic E-state index is 12.1. The average molecular weight is 393 g/mol. The molecule has 9 nitrogen and oxygen atoms in total. The molecule has 0 unspecified atom stereocenters. The summed E-state index contributed by atoms with van der Waals surface area (Å²) in [6, 6.07) is 15.8. The normalized spacial score (nSPS) is 10.3. The lowest BCUT2D eigenvalue weighted by molar-refractivity contribution is -0.383. The molecule has 2 aromatic carbocycles. The van der Waals surface area contributed by atoms with Crippen LogP contribution >= 0.6 is 0 Å². The van der Waals surface area contributed by atoms with Gasteiger partial charge in [-0.05, 0) is 24.3 Å². The number of ether oxygens (including phenoxy) is 1. The van der Waals surface area contributed by atoms with Gasteiger partial charge in [0.05, 0.1) is 23.3 Å². The minimum atomic E-state index is -0.550. The monoisotopic (exact) mass is 393 g/mol. The number of rotatable bonds is 6. The molecule has 29 heavy (non-hydrogen) atoms. The molecular formula is C20H19N5O4. The Kier molecular flexibility index (Phi) is 5.68. The fraction of sp³-hybridized carbons (Fsp3) is 0.150. The summed E-state index contributed by atoms with van der Waals surface area (Å²) >= 11 is 0. The van der Waals surface area contributed by atoms with Crippen LogP contribution in [0, 0.1) is 10.1 Å². The van der Waals surface area contributed by atoms with E-state index in [0.29, 0.717) is 5.69 Å². The molecule has 0 bridgehead atoms. The topological polar surface area (TPSA) is 102 Å². The highest BCUT2D eigenvalue weighted by molar-refractivity contribution is 5.97. The zero-order valence-corrected chi connectivity index (χ0v) is 16.1. The van der Waals surface area contributed by atoms with Crippen molar-refractivity contribution in [1.82, 2.24) is 9.97 Å². The number of esters is 1. The van der Waals surface area contributed by atoms with E-state index in [1.807, 2.05) is 30.3 Å². The first kappa shape index (κ1) is 19.7. The van der Waals surface area contributed by atoms with Crippen LogP contribution < -0.4 is 9.80 Å².